The first kappa shape index (κ1) is 12.4. The Morgan fingerprint density at radius 2 is 2.00 bits per heavy atom. The van der Waals surface area contributed by atoms with Gasteiger partial charge in [-0.25, -0.2) is 8.42 Å². The molecular weight excluding hydrogens is 216 g/mol. The van der Waals surface area contributed by atoms with Gasteiger partial charge in [-0.05, 0) is 19.8 Å². The van der Waals surface area contributed by atoms with E-state index in [0.717, 1.165) is 4.31 Å². The second-order valence-electron chi connectivity index (χ2n) is 3.68. The van der Waals surface area contributed by atoms with Crippen molar-refractivity contribution in [1.29, 1.82) is 5.26 Å². The standard InChI is InChI=1S/C9H16N2O3S/c1-8(7-10)11(2)15(12,13)9-3-5-14-6-4-9/h8-9H,3-6H2,1-2H3. The van der Waals surface area contributed by atoms with E-state index in [9.17, 15) is 8.42 Å². The van der Waals surface area contributed by atoms with Gasteiger partial charge < -0.3 is 4.74 Å². The van der Waals surface area contributed by atoms with Gasteiger partial charge in [-0.1, -0.05) is 0 Å². The molecule has 0 N–H and O–H groups in total. The minimum Gasteiger partial charge on any atom is -0.381 e. The maximum atomic E-state index is 12.0. The predicted octanol–water partition coefficient (Wildman–Crippen LogP) is 0.339. The van der Waals surface area contributed by atoms with E-state index in [1.54, 1.807) is 6.92 Å². The summed E-state index contributed by atoms with van der Waals surface area (Å²) in [6.07, 6.45) is 1.04. The van der Waals surface area contributed by atoms with Crippen LogP contribution in [0.15, 0.2) is 0 Å². The van der Waals surface area contributed by atoms with E-state index in [4.69, 9.17) is 10.00 Å². The third-order valence-electron chi connectivity index (χ3n) is 2.72. The van der Waals surface area contributed by atoms with Crippen molar-refractivity contribution >= 4 is 10.0 Å². The molecule has 1 aliphatic rings. The average Bonchev–Trinajstić information content (AvgIpc) is 2.28. The zero-order valence-electron chi connectivity index (χ0n) is 9.01. The second-order valence-corrected chi connectivity index (χ2v) is 5.95. The normalized spacial score (nSPS) is 21.2. The summed E-state index contributed by atoms with van der Waals surface area (Å²) < 4.78 is 30.3. The van der Waals surface area contributed by atoms with Gasteiger partial charge >= 0.3 is 0 Å². The summed E-state index contributed by atoms with van der Waals surface area (Å²) >= 11 is 0. The van der Waals surface area contributed by atoms with E-state index < -0.39 is 21.3 Å². The molecule has 1 aliphatic heterocycles. The highest BCUT2D eigenvalue weighted by atomic mass is 32.2. The first-order chi connectivity index (χ1) is 7.00. The summed E-state index contributed by atoms with van der Waals surface area (Å²) in [6, 6.07) is 1.31. The summed E-state index contributed by atoms with van der Waals surface area (Å²) in [5.41, 5.74) is 0. The van der Waals surface area contributed by atoms with Crippen LogP contribution in [0.25, 0.3) is 0 Å². The van der Waals surface area contributed by atoms with Gasteiger partial charge in [0.05, 0.1) is 11.3 Å². The summed E-state index contributed by atoms with van der Waals surface area (Å²) in [5, 5.41) is 8.29. The van der Waals surface area contributed by atoms with Crippen molar-refractivity contribution in [2.24, 2.45) is 0 Å². The fraction of sp³-hybridized carbons (Fsp3) is 0.889. The molecule has 0 amide bonds. The summed E-state index contributed by atoms with van der Waals surface area (Å²) in [4.78, 5) is 0. The van der Waals surface area contributed by atoms with Crippen LogP contribution in [-0.4, -0.2) is 44.3 Å². The van der Waals surface area contributed by atoms with E-state index in [0.29, 0.717) is 26.1 Å². The average molecular weight is 232 g/mol. The number of nitriles is 1. The molecule has 1 atom stereocenters. The van der Waals surface area contributed by atoms with Crippen LogP contribution in [0.3, 0.4) is 0 Å². The van der Waals surface area contributed by atoms with Crippen molar-refractivity contribution in [2.45, 2.75) is 31.1 Å². The lowest BCUT2D eigenvalue weighted by Gasteiger charge is -2.28. The fourth-order valence-corrected chi connectivity index (χ4v) is 3.26. The molecule has 1 rings (SSSR count). The molecule has 0 aromatic carbocycles. The molecule has 0 radical (unpaired) electrons. The number of ether oxygens (including phenoxy) is 1. The van der Waals surface area contributed by atoms with Crippen LogP contribution in [0.2, 0.25) is 0 Å². The minimum atomic E-state index is -3.34. The van der Waals surface area contributed by atoms with Crippen molar-refractivity contribution in [2.75, 3.05) is 20.3 Å². The second kappa shape index (κ2) is 4.92. The maximum Gasteiger partial charge on any atom is 0.218 e. The third-order valence-corrected chi connectivity index (χ3v) is 5.16. The SMILES string of the molecule is CC(C#N)N(C)S(=O)(=O)C1CCOCC1. The molecule has 0 aromatic rings. The zero-order chi connectivity index (χ0) is 11.5. The molecule has 0 aromatic heterocycles. The Balaban J connectivity index is 2.77. The maximum absolute atomic E-state index is 12.0. The largest absolute Gasteiger partial charge is 0.381 e. The molecule has 15 heavy (non-hydrogen) atoms. The number of sulfonamides is 1. The Labute approximate surface area is 90.7 Å². The highest BCUT2D eigenvalue weighted by Gasteiger charge is 2.33. The highest BCUT2D eigenvalue weighted by Crippen LogP contribution is 2.19. The van der Waals surface area contributed by atoms with Crippen molar-refractivity contribution < 1.29 is 13.2 Å². The molecule has 1 fully saturated rings. The number of rotatable bonds is 3. The number of hydrogen-bond acceptors (Lipinski definition) is 4. The van der Waals surface area contributed by atoms with Crippen molar-refractivity contribution in [1.82, 2.24) is 4.31 Å². The van der Waals surface area contributed by atoms with Crippen LogP contribution < -0.4 is 0 Å². The van der Waals surface area contributed by atoms with Crippen LogP contribution >= 0.6 is 0 Å². The van der Waals surface area contributed by atoms with Crippen LogP contribution in [0.1, 0.15) is 19.8 Å². The first-order valence-electron chi connectivity index (χ1n) is 4.94. The van der Waals surface area contributed by atoms with Gasteiger partial charge in [-0.15, -0.1) is 0 Å². The van der Waals surface area contributed by atoms with Gasteiger partial charge in [0.15, 0.2) is 0 Å². The lowest BCUT2D eigenvalue weighted by Crippen LogP contribution is -2.42. The molecule has 86 valence electrons. The number of hydrogen-bond donors (Lipinski definition) is 0. The quantitative estimate of drug-likeness (QED) is 0.703. The fourth-order valence-electron chi connectivity index (χ4n) is 1.51. The van der Waals surface area contributed by atoms with Crippen LogP contribution in [0, 0.1) is 11.3 Å². The van der Waals surface area contributed by atoms with Gasteiger partial charge in [0.25, 0.3) is 0 Å². The van der Waals surface area contributed by atoms with Gasteiger partial charge in [0.1, 0.15) is 6.04 Å². The molecular formula is C9H16N2O3S. The predicted molar refractivity (Wildman–Crippen MR) is 55.6 cm³/mol. The van der Waals surface area contributed by atoms with E-state index in [2.05, 4.69) is 0 Å². The van der Waals surface area contributed by atoms with E-state index in [1.807, 2.05) is 6.07 Å². The summed E-state index contributed by atoms with van der Waals surface area (Å²) in [5.74, 6) is 0. The lowest BCUT2D eigenvalue weighted by atomic mass is 10.2. The van der Waals surface area contributed by atoms with E-state index >= 15 is 0 Å². The van der Waals surface area contributed by atoms with Gasteiger partial charge in [0, 0.05) is 20.3 Å². The molecule has 1 heterocycles. The molecule has 1 unspecified atom stereocenters. The monoisotopic (exact) mass is 232 g/mol. The molecule has 0 bridgehead atoms. The number of nitrogens with zero attached hydrogens (tertiary/aromatic N) is 2. The van der Waals surface area contributed by atoms with Crippen molar-refractivity contribution in [3.63, 3.8) is 0 Å². The Morgan fingerprint density at radius 3 is 2.47 bits per heavy atom. The molecule has 5 nitrogen and oxygen atoms in total. The molecule has 6 heteroatoms. The third kappa shape index (κ3) is 2.68. The zero-order valence-corrected chi connectivity index (χ0v) is 9.83. The first-order valence-corrected chi connectivity index (χ1v) is 6.44. The summed E-state index contributed by atoms with van der Waals surface area (Å²) in [6.45, 7) is 2.55. The van der Waals surface area contributed by atoms with E-state index in [-0.39, 0.29) is 0 Å². The summed E-state index contributed by atoms with van der Waals surface area (Å²) in [7, 11) is -1.89. The Hall–Kier alpha value is -0.640. The van der Waals surface area contributed by atoms with Crippen LogP contribution in [-0.2, 0) is 14.8 Å². The smallest absolute Gasteiger partial charge is 0.218 e. The van der Waals surface area contributed by atoms with Gasteiger partial charge in [0.2, 0.25) is 10.0 Å². The van der Waals surface area contributed by atoms with Crippen LogP contribution in [0.4, 0.5) is 0 Å². The Bertz CT molecular complexity index is 341. The topological polar surface area (TPSA) is 70.4 Å². The molecule has 1 saturated heterocycles. The van der Waals surface area contributed by atoms with Gasteiger partial charge in [-0.2, -0.15) is 9.57 Å². The molecule has 0 aliphatic carbocycles. The van der Waals surface area contributed by atoms with Crippen molar-refractivity contribution in [3.05, 3.63) is 0 Å². The van der Waals surface area contributed by atoms with Gasteiger partial charge in [-0.3, -0.25) is 0 Å². The molecule has 0 saturated carbocycles. The lowest BCUT2D eigenvalue weighted by molar-refractivity contribution is 0.0973. The Morgan fingerprint density at radius 1 is 1.47 bits per heavy atom. The highest BCUT2D eigenvalue weighted by molar-refractivity contribution is 7.89. The minimum absolute atomic E-state index is 0.396. The molecule has 0 spiro atoms. The Kier molecular flexibility index (Phi) is 4.08. The van der Waals surface area contributed by atoms with Crippen LogP contribution in [0.5, 0.6) is 0 Å². The van der Waals surface area contributed by atoms with Crippen molar-refractivity contribution in [3.8, 4) is 6.07 Å². The van der Waals surface area contributed by atoms with E-state index in [1.165, 1.54) is 7.05 Å².